The average Bonchev–Trinajstić information content (AvgIpc) is 2.65. The van der Waals surface area contributed by atoms with Crippen molar-refractivity contribution in [3.05, 3.63) is 29.3 Å². The first kappa shape index (κ1) is 11.9. The van der Waals surface area contributed by atoms with Crippen LogP contribution >= 0.6 is 0 Å². The second-order valence-electron chi connectivity index (χ2n) is 4.36. The van der Waals surface area contributed by atoms with Crippen LogP contribution in [0.15, 0.2) is 23.3 Å². The molecular weight excluding hydrogens is 258 g/mol. The number of carbonyl (C=O) groups excluding carboxylic acids is 1. The molecule has 0 saturated carbocycles. The molecule has 2 aliphatic rings. The molecule has 0 radical (unpaired) electrons. The van der Waals surface area contributed by atoms with Crippen LogP contribution in [0.4, 0.5) is 13.6 Å². The Balaban J connectivity index is 2.02. The van der Waals surface area contributed by atoms with Crippen LogP contribution in [0.1, 0.15) is 18.1 Å². The Bertz CT molecular complexity index is 586. The Kier molecular flexibility index (Phi) is 2.44. The third-order valence-corrected chi connectivity index (χ3v) is 3.01. The molecule has 0 fully saturated rings. The molecule has 5 nitrogen and oxygen atoms in total. The van der Waals surface area contributed by atoms with Crippen LogP contribution in [0.5, 0.6) is 5.75 Å². The van der Waals surface area contributed by atoms with Gasteiger partial charge in [-0.2, -0.15) is 13.9 Å². The number of benzene rings is 1. The number of rotatable bonds is 1. The van der Waals surface area contributed by atoms with E-state index in [2.05, 4.69) is 10.5 Å². The van der Waals surface area contributed by atoms with Gasteiger partial charge in [-0.3, -0.25) is 0 Å². The van der Waals surface area contributed by atoms with E-state index in [9.17, 15) is 13.6 Å². The smallest absolute Gasteiger partial charge is 0.428 e. The topological polar surface area (TPSA) is 59.9 Å². The van der Waals surface area contributed by atoms with E-state index in [-0.39, 0.29) is 11.3 Å². The van der Waals surface area contributed by atoms with E-state index in [0.29, 0.717) is 11.3 Å². The number of cyclic esters (lactones) is 1. The van der Waals surface area contributed by atoms with Gasteiger partial charge in [0.05, 0.1) is 5.56 Å². The normalized spacial score (nSPS) is 23.8. The fourth-order valence-corrected chi connectivity index (χ4v) is 2.09. The summed E-state index contributed by atoms with van der Waals surface area (Å²) in [5.41, 5.74) is 2.85. The van der Waals surface area contributed by atoms with Crippen molar-refractivity contribution in [2.45, 2.75) is 19.0 Å². The number of hydrogen-bond acceptors (Lipinski definition) is 4. The van der Waals surface area contributed by atoms with Gasteiger partial charge in [0.15, 0.2) is 6.61 Å². The molecular formula is C12H10F2N2O3. The van der Waals surface area contributed by atoms with Crippen LogP contribution in [0.25, 0.3) is 0 Å². The van der Waals surface area contributed by atoms with Gasteiger partial charge in [0.25, 0.3) is 0 Å². The third-order valence-electron chi connectivity index (χ3n) is 3.01. The number of hydrogen-bond donors (Lipinski definition) is 1. The van der Waals surface area contributed by atoms with E-state index in [4.69, 9.17) is 9.47 Å². The number of ether oxygens (including phenoxy) is 2. The molecule has 0 aromatic heterocycles. The Labute approximate surface area is 107 Å². The highest BCUT2D eigenvalue weighted by Gasteiger charge is 2.42. The van der Waals surface area contributed by atoms with Crippen LogP contribution < -0.4 is 10.2 Å². The molecule has 0 aliphatic carbocycles. The Morgan fingerprint density at radius 1 is 1.47 bits per heavy atom. The fraction of sp³-hybridized carbons (Fsp3) is 0.333. The molecule has 1 atom stereocenters. The zero-order chi connectivity index (χ0) is 13.6. The highest BCUT2D eigenvalue weighted by Crippen LogP contribution is 2.41. The summed E-state index contributed by atoms with van der Waals surface area (Å²) < 4.78 is 37.0. The maximum absolute atomic E-state index is 13.6. The number of nitrogens with one attached hydrogen (secondary N) is 1. The number of fused-ring (bicyclic) bond motifs is 1. The van der Waals surface area contributed by atoms with Gasteiger partial charge < -0.3 is 9.47 Å². The summed E-state index contributed by atoms with van der Waals surface area (Å²) >= 11 is 0. The van der Waals surface area contributed by atoms with Crippen LogP contribution in [0.3, 0.4) is 0 Å². The minimum atomic E-state index is -3.01. The Hall–Kier alpha value is -2.18. The number of halogens is 2. The lowest BCUT2D eigenvalue weighted by molar-refractivity contribution is -0.0214. The fourth-order valence-electron chi connectivity index (χ4n) is 2.09. The van der Waals surface area contributed by atoms with Gasteiger partial charge in [0.2, 0.25) is 0 Å². The molecule has 1 amide bonds. The first-order valence-corrected chi connectivity index (χ1v) is 5.67. The minimum Gasteiger partial charge on any atom is -0.486 e. The van der Waals surface area contributed by atoms with Gasteiger partial charge in [0.1, 0.15) is 17.6 Å². The second-order valence-corrected chi connectivity index (χ2v) is 4.36. The maximum atomic E-state index is 13.6. The summed E-state index contributed by atoms with van der Waals surface area (Å²) in [7, 11) is 0. The molecule has 1 aromatic rings. The number of nitrogens with zero attached hydrogens (tertiary/aromatic N) is 1. The largest absolute Gasteiger partial charge is 0.486 e. The first-order valence-electron chi connectivity index (χ1n) is 5.67. The number of hydrazone groups is 1. The molecule has 0 bridgehead atoms. The third kappa shape index (κ3) is 1.91. The lowest BCUT2D eigenvalue weighted by Crippen LogP contribution is -2.37. The number of carbonyl (C=O) groups is 1. The van der Waals surface area contributed by atoms with Gasteiger partial charge in [-0.05, 0) is 25.1 Å². The molecule has 0 unspecified atom stereocenters. The maximum Gasteiger partial charge on any atom is 0.428 e. The first-order chi connectivity index (χ1) is 8.97. The summed E-state index contributed by atoms with van der Waals surface area (Å²) in [6, 6.07) is 4.39. The van der Waals surface area contributed by atoms with Gasteiger partial charge in [-0.15, -0.1) is 0 Å². The van der Waals surface area contributed by atoms with Crippen molar-refractivity contribution in [2.75, 3.05) is 6.61 Å². The predicted molar refractivity (Wildman–Crippen MR) is 61.4 cm³/mol. The monoisotopic (exact) mass is 268 g/mol. The minimum absolute atomic E-state index is 0.169. The zero-order valence-corrected chi connectivity index (χ0v) is 9.94. The van der Waals surface area contributed by atoms with E-state index in [1.165, 1.54) is 12.1 Å². The summed E-state index contributed by atoms with van der Waals surface area (Å²) in [6.45, 7) is 0.973. The lowest BCUT2D eigenvalue weighted by atomic mass is 10.0. The summed E-state index contributed by atoms with van der Waals surface area (Å²) in [6.07, 6.45) is -1.26. The predicted octanol–water partition coefficient (Wildman–Crippen LogP) is 2.00. The molecule has 2 heterocycles. The number of alkyl halides is 2. The second kappa shape index (κ2) is 3.91. The van der Waals surface area contributed by atoms with E-state index < -0.39 is 24.7 Å². The van der Waals surface area contributed by atoms with Crippen LogP contribution in [0, 0.1) is 0 Å². The van der Waals surface area contributed by atoms with Gasteiger partial charge in [0, 0.05) is 5.56 Å². The molecule has 2 aliphatic heterocycles. The molecule has 1 N–H and O–H groups in total. The molecule has 100 valence electrons. The molecule has 0 saturated heterocycles. The van der Waals surface area contributed by atoms with E-state index in [0.717, 1.165) is 0 Å². The van der Waals surface area contributed by atoms with Crippen molar-refractivity contribution < 1.29 is 23.0 Å². The standard InChI is InChI=1S/C12H10F2N2O3/c1-6-10(15-16-11(17)19-6)7-2-3-9-8(4-7)12(13,14)5-18-9/h2-4,6H,5H2,1H3,(H,16,17)/t6-/m0/s1. The molecule has 7 heteroatoms. The molecule has 19 heavy (non-hydrogen) atoms. The highest BCUT2D eigenvalue weighted by molar-refractivity contribution is 6.06. The van der Waals surface area contributed by atoms with Crippen molar-refractivity contribution in [3.63, 3.8) is 0 Å². The van der Waals surface area contributed by atoms with Gasteiger partial charge in [-0.25, -0.2) is 10.2 Å². The average molecular weight is 268 g/mol. The SMILES string of the molecule is C[C@@H]1OC(=O)NN=C1c1ccc2c(c1)C(F)(F)CO2. The van der Waals surface area contributed by atoms with Crippen molar-refractivity contribution in [1.82, 2.24) is 5.43 Å². The van der Waals surface area contributed by atoms with Crippen molar-refractivity contribution in [2.24, 2.45) is 5.10 Å². The van der Waals surface area contributed by atoms with Crippen LogP contribution in [-0.2, 0) is 10.7 Å². The van der Waals surface area contributed by atoms with Crippen LogP contribution in [0.2, 0.25) is 0 Å². The molecule has 0 spiro atoms. The molecule has 3 rings (SSSR count). The Morgan fingerprint density at radius 2 is 2.26 bits per heavy atom. The van der Waals surface area contributed by atoms with Crippen molar-refractivity contribution in [3.8, 4) is 5.75 Å². The van der Waals surface area contributed by atoms with Gasteiger partial charge >= 0.3 is 12.0 Å². The van der Waals surface area contributed by atoms with E-state index in [1.54, 1.807) is 13.0 Å². The summed E-state index contributed by atoms with van der Waals surface area (Å²) in [5, 5.41) is 3.84. The highest BCUT2D eigenvalue weighted by atomic mass is 19.3. The molecule has 1 aromatic carbocycles. The van der Waals surface area contributed by atoms with Crippen LogP contribution in [-0.4, -0.2) is 24.5 Å². The lowest BCUT2D eigenvalue weighted by Gasteiger charge is -2.20. The van der Waals surface area contributed by atoms with Crippen molar-refractivity contribution in [1.29, 1.82) is 0 Å². The summed E-state index contributed by atoms with van der Waals surface area (Å²) in [4.78, 5) is 11.0. The number of amides is 1. The van der Waals surface area contributed by atoms with E-state index in [1.807, 2.05) is 0 Å². The summed E-state index contributed by atoms with van der Waals surface area (Å²) in [5.74, 6) is -2.84. The zero-order valence-electron chi connectivity index (χ0n) is 9.94. The van der Waals surface area contributed by atoms with Crippen molar-refractivity contribution >= 4 is 11.8 Å². The quantitative estimate of drug-likeness (QED) is 0.847. The Morgan fingerprint density at radius 3 is 3.00 bits per heavy atom. The van der Waals surface area contributed by atoms with Gasteiger partial charge in [-0.1, -0.05) is 0 Å². The van der Waals surface area contributed by atoms with E-state index >= 15 is 0 Å².